The van der Waals surface area contributed by atoms with Crippen LogP contribution in [0.1, 0.15) is 41.5 Å². The molecule has 0 bridgehead atoms. The van der Waals surface area contributed by atoms with Gasteiger partial charge in [-0.05, 0) is 51.1 Å². The average Bonchev–Trinajstić information content (AvgIpc) is 2.53. The van der Waals surface area contributed by atoms with Crippen LogP contribution in [0.15, 0.2) is 42.5 Å². The summed E-state index contributed by atoms with van der Waals surface area (Å²) in [4.78, 5) is 25.5. The van der Waals surface area contributed by atoms with E-state index < -0.39 is 11.4 Å². The summed E-state index contributed by atoms with van der Waals surface area (Å²) in [6.45, 7) is 5.40. The van der Waals surface area contributed by atoms with Gasteiger partial charge in [0.05, 0.1) is 21.1 Å². The summed E-state index contributed by atoms with van der Waals surface area (Å²) in [5.41, 5.74) is 2.48. The quantitative estimate of drug-likeness (QED) is 0.703. The third-order valence-corrected chi connectivity index (χ3v) is 4.41. The highest BCUT2D eigenvalue weighted by atomic mass is 35.5. The Morgan fingerprint density at radius 2 is 1.64 bits per heavy atom. The van der Waals surface area contributed by atoms with Gasteiger partial charge in [-0.15, -0.1) is 0 Å². The molecule has 0 heterocycles. The van der Waals surface area contributed by atoms with E-state index in [2.05, 4.69) is 5.43 Å². The molecule has 0 radical (unpaired) electrons. The van der Waals surface area contributed by atoms with Gasteiger partial charge >= 0.3 is 0 Å². The van der Waals surface area contributed by atoms with Gasteiger partial charge in [-0.25, -0.2) is 5.01 Å². The molecule has 0 saturated heterocycles. The third kappa shape index (κ3) is 4.66. The minimum absolute atomic E-state index is 0.130. The predicted molar refractivity (Wildman–Crippen MR) is 101 cm³/mol. The first kappa shape index (κ1) is 19.6. The van der Waals surface area contributed by atoms with Gasteiger partial charge < -0.3 is 0 Å². The first-order chi connectivity index (χ1) is 11.6. The average molecular weight is 400 g/mol. The number of halogens is 3. The smallest absolute Gasteiger partial charge is 0.267 e. The molecule has 4 nitrogen and oxygen atoms in total. The molecule has 2 aromatic rings. The van der Waals surface area contributed by atoms with Crippen LogP contribution in [0.5, 0.6) is 0 Å². The Bertz CT molecular complexity index is 816. The SMILES string of the molecule is CC(C)(C)N(NC(=O)c1cccc(Cl)c1Cl)C(=O)c1cccc(Cl)c1. The van der Waals surface area contributed by atoms with Gasteiger partial charge in [-0.3, -0.25) is 15.0 Å². The van der Waals surface area contributed by atoms with Crippen LogP contribution in [0, 0.1) is 0 Å². The molecule has 2 amide bonds. The summed E-state index contributed by atoms with van der Waals surface area (Å²) < 4.78 is 0. The predicted octanol–water partition coefficient (Wildman–Crippen LogP) is 5.23. The van der Waals surface area contributed by atoms with E-state index in [1.165, 1.54) is 11.1 Å². The van der Waals surface area contributed by atoms with Gasteiger partial charge in [-0.2, -0.15) is 0 Å². The molecule has 0 saturated carbocycles. The number of nitrogens with one attached hydrogen (secondary N) is 1. The molecule has 25 heavy (non-hydrogen) atoms. The van der Waals surface area contributed by atoms with Crippen molar-refractivity contribution in [2.24, 2.45) is 0 Å². The van der Waals surface area contributed by atoms with Crippen LogP contribution in [0.3, 0.4) is 0 Å². The first-order valence-electron chi connectivity index (χ1n) is 7.46. The number of hydrazine groups is 1. The zero-order valence-electron chi connectivity index (χ0n) is 13.9. The molecule has 132 valence electrons. The van der Waals surface area contributed by atoms with Gasteiger partial charge in [0.15, 0.2) is 0 Å². The highest BCUT2D eigenvalue weighted by molar-refractivity contribution is 6.43. The van der Waals surface area contributed by atoms with Gasteiger partial charge in [0, 0.05) is 10.6 Å². The number of hydrogen-bond donors (Lipinski definition) is 1. The molecule has 2 rings (SSSR count). The molecular formula is C18H17Cl3N2O2. The lowest BCUT2D eigenvalue weighted by Crippen LogP contribution is -2.55. The Morgan fingerprint density at radius 1 is 1.00 bits per heavy atom. The van der Waals surface area contributed by atoms with Crippen LogP contribution < -0.4 is 5.43 Å². The minimum atomic E-state index is -0.680. The van der Waals surface area contributed by atoms with Crippen molar-refractivity contribution in [1.82, 2.24) is 10.4 Å². The molecule has 0 aliphatic carbocycles. The topological polar surface area (TPSA) is 49.4 Å². The molecule has 0 unspecified atom stereocenters. The molecule has 7 heteroatoms. The number of rotatable bonds is 2. The molecule has 2 aromatic carbocycles. The van der Waals surface area contributed by atoms with Gasteiger partial charge in [0.2, 0.25) is 0 Å². The first-order valence-corrected chi connectivity index (χ1v) is 8.60. The van der Waals surface area contributed by atoms with Crippen molar-refractivity contribution in [2.45, 2.75) is 26.3 Å². The standard InChI is InChI=1S/C18H17Cl3N2O2/c1-18(2,3)23(17(25)11-6-4-7-12(19)10-11)22-16(24)13-8-5-9-14(20)15(13)21/h4-10H,1-3H3,(H,22,24). The number of carbonyl (C=O) groups is 2. The fourth-order valence-corrected chi connectivity index (χ4v) is 2.69. The molecule has 0 atom stereocenters. The molecule has 0 fully saturated rings. The molecule has 0 aliphatic rings. The summed E-state index contributed by atoms with van der Waals surface area (Å²) in [5.74, 6) is -0.917. The number of amides is 2. The molecule has 1 N–H and O–H groups in total. The number of benzene rings is 2. The van der Waals surface area contributed by atoms with Crippen molar-refractivity contribution < 1.29 is 9.59 Å². The Labute approximate surface area is 161 Å². The van der Waals surface area contributed by atoms with Crippen molar-refractivity contribution in [3.63, 3.8) is 0 Å². The zero-order valence-corrected chi connectivity index (χ0v) is 16.2. The lowest BCUT2D eigenvalue weighted by Gasteiger charge is -2.35. The second-order valence-corrected chi connectivity index (χ2v) is 7.59. The van der Waals surface area contributed by atoms with Crippen molar-refractivity contribution in [2.75, 3.05) is 0 Å². The molecule has 0 aromatic heterocycles. The van der Waals surface area contributed by atoms with Crippen molar-refractivity contribution in [3.8, 4) is 0 Å². The maximum absolute atomic E-state index is 12.9. The van der Waals surface area contributed by atoms with Gasteiger partial charge in [0.25, 0.3) is 11.8 Å². The summed E-state index contributed by atoms with van der Waals surface area (Å²) in [7, 11) is 0. The highest BCUT2D eigenvalue weighted by Crippen LogP contribution is 2.26. The Hall–Kier alpha value is -1.75. The van der Waals surface area contributed by atoms with E-state index in [0.717, 1.165) is 0 Å². The van der Waals surface area contributed by atoms with Crippen molar-refractivity contribution in [1.29, 1.82) is 0 Å². The van der Waals surface area contributed by atoms with Crippen LogP contribution in [-0.2, 0) is 0 Å². The summed E-state index contributed by atoms with van der Waals surface area (Å²) >= 11 is 18.0. The van der Waals surface area contributed by atoms with Crippen molar-refractivity contribution in [3.05, 3.63) is 68.7 Å². The van der Waals surface area contributed by atoms with E-state index in [4.69, 9.17) is 34.8 Å². The van der Waals surface area contributed by atoms with Crippen LogP contribution in [0.4, 0.5) is 0 Å². The maximum Gasteiger partial charge on any atom is 0.272 e. The lowest BCUT2D eigenvalue weighted by atomic mass is 10.1. The van der Waals surface area contributed by atoms with E-state index in [9.17, 15) is 9.59 Å². The van der Waals surface area contributed by atoms with Gasteiger partial charge in [-0.1, -0.05) is 46.9 Å². The minimum Gasteiger partial charge on any atom is -0.267 e. The summed E-state index contributed by atoms with van der Waals surface area (Å²) in [6, 6.07) is 11.2. The normalized spacial score (nSPS) is 11.1. The van der Waals surface area contributed by atoms with Crippen LogP contribution in [-0.4, -0.2) is 22.4 Å². The zero-order chi connectivity index (χ0) is 18.8. The fourth-order valence-electron chi connectivity index (χ4n) is 2.11. The Kier molecular flexibility index (Phi) is 5.99. The second-order valence-electron chi connectivity index (χ2n) is 6.36. The van der Waals surface area contributed by atoms with E-state index in [0.29, 0.717) is 10.6 Å². The number of nitrogens with zero attached hydrogens (tertiary/aromatic N) is 1. The molecule has 0 aliphatic heterocycles. The molecule has 0 spiro atoms. The second kappa shape index (κ2) is 7.65. The Morgan fingerprint density at radius 3 is 2.24 bits per heavy atom. The Balaban J connectivity index is 2.34. The van der Waals surface area contributed by atoms with Crippen LogP contribution >= 0.6 is 34.8 Å². The maximum atomic E-state index is 12.9. The monoisotopic (exact) mass is 398 g/mol. The van der Waals surface area contributed by atoms with E-state index >= 15 is 0 Å². The van der Waals surface area contributed by atoms with E-state index in [1.807, 2.05) is 0 Å². The third-order valence-electron chi connectivity index (χ3n) is 3.36. The van der Waals surface area contributed by atoms with E-state index in [-0.39, 0.29) is 21.5 Å². The largest absolute Gasteiger partial charge is 0.272 e. The van der Waals surface area contributed by atoms with E-state index in [1.54, 1.807) is 57.2 Å². The fraction of sp³-hybridized carbons (Fsp3) is 0.222. The number of carbonyl (C=O) groups excluding carboxylic acids is 2. The summed E-state index contributed by atoms with van der Waals surface area (Å²) in [6.07, 6.45) is 0. The molecular weight excluding hydrogens is 383 g/mol. The van der Waals surface area contributed by atoms with Crippen molar-refractivity contribution >= 4 is 46.6 Å². The van der Waals surface area contributed by atoms with Crippen LogP contribution in [0.2, 0.25) is 15.1 Å². The van der Waals surface area contributed by atoms with Gasteiger partial charge in [0.1, 0.15) is 0 Å². The summed E-state index contributed by atoms with van der Waals surface area (Å²) in [5, 5.41) is 2.07. The number of hydrogen-bond acceptors (Lipinski definition) is 2. The highest BCUT2D eigenvalue weighted by Gasteiger charge is 2.30. The van der Waals surface area contributed by atoms with Crippen LogP contribution in [0.25, 0.3) is 0 Å². The lowest BCUT2D eigenvalue weighted by molar-refractivity contribution is 0.0358.